The molecule has 1 atom stereocenters. The molecular formula is C24H31BrN6O3. The number of aromatic nitrogens is 2. The Bertz CT molecular complexity index is 1110. The number of hydrogen-bond acceptors (Lipinski definition) is 7. The highest BCUT2D eigenvalue weighted by molar-refractivity contribution is 9.10. The lowest BCUT2D eigenvalue weighted by molar-refractivity contribution is -0.111. The molecule has 1 aromatic heterocycles. The van der Waals surface area contributed by atoms with E-state index in [0.717, 1.165) is 51.4 Å². The first-order valence-electron chi connectivity index (χ1n) is 11.5. The fourth-order valence-corrected chi connectivity index (χ4v) is 5.15. The highest BCUT2D eigenvalue weighted by atomic mass is 79.9. The molecule has 3 heterocycles. The molecule has 0 bridgehead atoms. The Hall–Kier alpha value is -2.69. The number of nitrogens with one attached hydrogen (secondary N) is 2. The van der Waals surface area contributed by atoms with Crippen LogP contribution in [-0.2, 0) is 16.6 Å². The van der Waals surface area contributed by atoms with Crippen LogP contribution in [0, 0.1) is 0 Å². The molecular weight excluding hydrogens is 500 g/mol. The number of benzene rings is 1. The Morgan fingerprint density at radius 3 is 2.76 bits per heavy atom. The van der Waals surface area contributed by atoms with E-state index in [1.165, 1.54) is 10.6 Å². The molecule has 4 rings (SSSR count). The maximum absolute atomic E-state index is 12.5. The summed E-state index contributed by atoms with van der Waals surface area (Å²) in [6.45, 7) is 10.2. The minimum atomic E-state index is -0.289. The molecule has 2 fully saturated rings. The lowest BCUT2D eigenvalue weighted by atomic mass is 10.0. The summed E-state index contributed by atoms with van der Waals surface area (Å²) >= 11 is 3.32. The molecule has 2 aromatic rings. The minimum Gasteiger partial charge on any atom is -0.381 e. The largest absolute Gasteiger partial charge is 0.381 e. The number of amides is 1. The van der Waals surface area contributed by atoms with Crippen molar-refractivity contribution in [1.82, 2.24) is 14.5 Å². The maximum atomic E-state index is 12.5. The molecule has 0 aliphatic carbocycles. The van der Waals surface area contributed by atoms with Crippen molar-refractivity contribution in [3.63, 3.8) is 0 Å². The van der Waals surface area contributed by atoms with Gasteiger partial charge >= 0.3 is 0 Å². The van der Waals surface area contributed by atoms with Crippen LogP contribution in [0.5, 0.6) is 0 Å². The first-order chi connectivity index (χ1) is 16.4. The zero-order valence-corrected chi connectivity index (χ0v) is 21.2. The van der Waals surface area contributed by atoms with Crippen LogP contribution >= 0.6 is 15.9 Å². The van der Waals surface area contributed by atoms with E-state index in [-0.39, 0.29) is 23.3 Å². The summed E-state index contributed by atoms with van der Waals surface area (Å²) in [4.78, 5) is 33.8. The topological polar surface area (TPSA) is 91.7 Å². The monoisotopic (exact) mass is 530 g/mol. The molecule has 0 radical (unpaired) electrons. The zero-order chi connectivity index (χ0) is 24.2. The van der Waals surface area contributed by atoms with Gasteiger partial charge in [0.15, 0.2) is 5.82 Å². The summed E-state index contributed by atoms with van der Waals surface area (Å²) in [5, 5.41) is 6.02. The van der Waals surface area contributed by atoms with Crippen LogP contribution in [0.2, 0.25) is 0 Å². The molecule has 10 heteroatoms. The van der Waals surface area contributed by atoms with Crippen molar-refractivity contribution in [2.24, 2.45) is 7.05 Å². The molecule has 34 heavy (non-hydrogen) atoms. The number of piperazine rings is 1. The van der Waals surface area contributed by atoms with Crippen LogP contribution in [0.1, 0.15) is 19.8 Å². The standard InChI is InChI=1S/C24H31BrN6O3/c1-4-22(32)27-19-13-17(26-23-24(33)29(3)15-21(25)28-23)5-6-20(19)31-10-9-30(14-16(31)2)18-7-11-34-12-8-18/h4-6,13,15-16,18H,1,7-12,14H2,2-3H3,(H,26,28)(H,27,32). The summed E-state index contributed by atoms with van der Waals surface area (Å²) in [5.74, 6) is -0.0903. The van der Waals surface area contributed by atoms with Gasteiger partial charge in [-0.05, 0) is 60.0 Å². The van der Waals surface area contributed by atoms with Crippen LogP contribution in [0.25, 0.3) is 0 Å². The van der Waals surface area contributed by atoms with Crippen LogP contribution in [0.3, 0.4) is 0 Å². The van der Waals surface area contributed by atoms with Crippen LogP contribution in [0.15, 0.2) is 46.4 Å². The zero-order valence-electron chi connectivity index (χ0n) is 19.6. The lowest BCUT2D eigenvalue weighted by Crippen LogP contribution is -2.56. The minimum absolute atomic E-state index is 0.198. The second-order valence-corrected chi connectivity index (χ2v) is 9.57. The van der Waals surface area contributed by atoms with E-state index in [2.05, 4.69) is 54.8 Å². The molecule has 9 nitrogen and oxygen atoms in total. The number of aryl methyl sites for hydroxylation is 1. The number of carbonyl (C=O) groups excluding carboxylic acids is 1. The Balaban J connectivity index is 1.58. The Labute approximate surface area is 207 Å². The second kappa shape index (κ2) is 10.7. The van der Waals surface area contributed by atoms with Crippen LogP contribution < -0.4 is 21.1 Å². The molecule has 1 unspecified atom stereocenters. The highest BCUT2D eigenvalue weighted by Crippen LogP contribution is 2.33. The van der Waals surface area contributed by atoms with Crippen molar-refractivity contribution in [1.29, 1.82) is 0 Å². The Morgan fingerprint density at radius 2 is 2.06 bits per heavy atom. The smallest absolute Gasteiger partial charge is 0.293 e. The van der Waals surface area contributed by atoms with E-state index in [1.807, 2.05) is 18.2 Å². The van der Waals surface area contributed by atoms with E-state index in [1.54, 1.807) is 13.2 Å². The fourth-order valence-electron chi connectivity index (χ4n) is 4.66. The van der Waals surface area contributed by atoms with Crippen LogP contribution in [-0.4, -0.2) is 65.3 Å². The average Bonchev–Trinajstić information content (AvgIpc) is 2.83. The molecule has 1 amide bonds. The Morgan fingerprint density at radius 1 is 1.29 bits per heavy atom. The fraction of sp³-hybridized carbons (Fsp3) is 0.458. The lowest BCUT2D eigenvalue weighted by Gasteiger charge is -2.45. The molecule has 2 aliphatic heterocycles. The summed E-state index contributed by atoms with van der Waals surface area (Å²) in [6, 6.07) is 6.55. The highest BCUT2D eigenvalue weighted by Gasteiger charge is 2.30. The SMILES string of the molecule is C=CC(=O)Nc1cc(Nc2nc(Br)cn(C)c2=O)ccc1N1CCN(C2CCOCC2)CC1C. The van der Waals surface area contributed by atoms with Gasteiger partial charge < -0.3 is 24.8 Å². The van der Waals surface area contributed by atoms with E-state index >= 15 is 0 Å². The third kappa shape index (κ3) is 5.51. The van der Waals surface area contributed by atoms with Crippen molar-refractivity contribution in [2.75, 3.05) is 48.4 Å². The Kier molecular flexibility index (Phi) is 7.70. The van der Waals surface area contributed by atoms with E-state index in [4.69, 9.17) is 4.74 Å². The van der Waals surface area contributed by atoms with Gasteiger partial charge in [0, 0.05) is 63.9 Å². The predicted molar refractivity (Wildman–Crippen MR) is 138 cm³/mol. The van der Waals surface area contributed by atoms with Gasteiger partial charge in [0.05, 0.1) is 11.4 Å². The first kappa shape index (κ1) is 24.4. The van der Waals surface area contributed by atoms with Gasteiger partial charge in [-0.1, -0.05) is 6.58 Å². The van der Waals surface area contributed by atoms with Gasteiger partial charge in [0.25, 0.3) is 5.56 Å². The molecule has 2 aliphatic rings. The van der Waals surface area contributed by atoms with Gasteiger partial charge in [0.1, 0.15) is 4.60 Å². The second-order valence-electron chi connectivity index (χ2n) is 8.76. The summed E-state index contributed by atoms with van der Waals surface area (Å²) in [7, 11) is 1.67. The quantitative estimate of drug-likeness (QED) is 0.554. The normalized spacial score (nSPS) is 19.6. The number of nitrogens with zero attached hydrogens (tertiary/aromatic N) is 4. The van der Waals surface area contributed by atoms with Crippen molar-refractivity contribution in [3.8, 4) is 0 Å². The van der Waals surface area contributed by atoms with E-state index in [0.29, 0.717) is 22.0 Å². The molecule has 0 saturated carbocycles. The molecule has 2 saturated heterocycles. The number of carbonyl (C=O) groups is 1. The average molecular weight is 531 g/mol. The van der Waals surface area contributed by atoms with Crippen molar-refractivity contribution >= 4 is 44.7 Å². The molecule has 182 valence electrons. The third-order valence-electron chi connectivity index (χ3n) is 6.42. The number of hydrogen-bond donors (Lipinski definition) is 2. The maximum Gasteiger partial charge on any atom is 0.293 e. The number of halogens is 1. The van der Waals surface area contributed by atoms with Crippen molar-refractivity contribution < 1.29 is 9.53 Å². The van der Waals surface area contributed by atoms with Gasteiger partial charge in [-0.2, -0.15) is 0 Å². The first-order valence-corrected chi connectivity index (χ1v) is 12.3. The van der Waals surface area contributed by atoms with Gasteiger partial charge in [-0.25, -0.2) is 4.98 Å². The van der Waals surface area contributed by atoms with Crippen LogP contribution in [0.4, 0.5) is 22.9 Å². The number of ether oxygens (including phenoxy) is 1. The summed E-state index contributed by atoms with van der Waals surface area (Å²) in [6.07, 6.45) is 5.02. The third-order valence-corrected chi connectivity index (χ3v) is 6.80. The predicted octanol–water partition coefficient (Wildman–Crippen LogP) is 3.10. The van der Waals surface area contributed by atoms with Crippen molar-refractivity contribution in [2.45, 2.75) is 31.8 Å². The molecule has 0 spiro atoms. The molecule has 1 aromatic carbocycles. The number of rotatable bonds is 6. The van der Waals surface area contributed by atoms with Gasteiger partial charge in [-0.3, -0.25) is 14.5 Å². The van der Waals surface area contributed by atoms with Gasteiger partial charge in [0.2, 0.25) is 5.91 Å². The van der Waals surface area contributed by atoms with E-state index < -0.39 is 0 Å². The van der Waals surface area contributed by atoms with E-state index in [9.17, 15) is 9.59 Å². The molecule has 2 N–H and O–H groups in total. The summed E-state index contributed by atoms with van der Waals surface area (Å²) in [5.41, 5.74) is 2.00. The van der Waals surface area contributed by atoms with Crippen molar-refractivity contribution in [3.05, 3.63) is 52.0 Å². The summed E-state index contributed by atoms with van der Waals surface area (Å²) < 4.78 is 7.52. The van der Waals surface area contributed by atoms with Gasteiger partial charge in [-0.15, -0.1) is 0 Å². The number of anilines is 4.